The molecule has 0 aromatic carbocycles. The molecule has 2 N–H and O–H groups in total. The van der Waals surface area contributed by atoms with Crippen molar-refractivity contribution in [3.63, 3.8) is 0 Å². The first kappa shape index (κ1) is 9.96. The minimum Gasteiger partial charge on any atom is -0.379 e. The molecule has 0 amide bonds. The van der Waals surface area contributed by atoms with Crippen LogP contribution in [-0.2, 0) is 9.47 Å². The van der Waals surface area contributed by atoms with E-state index >= 15 is 0 Å². The topological polar surface area (TPSA) is 44.5 Å². The van der Waals surface area contributed by atoms with Gasteiger partial charge in [0.05, 0.1) is 18.3 Å². The molecule has 72 valence electrons. The van der Waals surface area contributed by atoms with Gasteiger partial charge in [0.15, 0.2) is 0 Å². The fourth-order valence-electron chi connectivity index (χ4n) is 1.28. The smallest absolute Gasteiger partial charge is 0.0838 e. The van der Waals surface area contributed by atoms with Gasteiger partial charge in [-0.2, -0.15) is 0 Å². The van der Waals surface area contributed by atoms with E-state index in [-0.39, 0.29) is 11.7 Å². The van der Waals surface area contributed by atoms with Crippen LogP contribution in [0, 0.1) is 0 Å². The largest absolute Gasteiger partial charge is 0.379 e. The predicted octanol–water partition coefficient (Wildman–Crippen LogP) is 0.919. The Labute approximate surface area is 74.2 Å². The molecule has 0 saturated carbocycles. The Morgan fingerprint density at radius 1 is 1.67 bits per heavy atom. The van der Waals surface area contributed by atoms with Crippen molar-refractivity contribution in [1.29, 1.82) is 0 Å². The fraction of sp³-hybridized carbons (Fsp3) is 1.00. The summed E-state index contributed by atoms with van der Waals surface area (Å²) >= 11 is 0. The molecule has 1 fully saturated rings. The zero-order valence-corrected chi connectivity index (χ0v) is 8.01. The van der Waals surface area contributed by atoms with Crippen LogP contribution in [0.5, 0.6) is 0 Å². The number of nitrogens with two attached hydrogens (primary N) is 1. The summed E-state index contributed by atoms with van der Waals surface area (Å²) in [5, 5.41) is 0. The molecule has 0 aromatic heterocycles. The second-order valence-electron chi connectivity index (χ2n) is 3.61. The van der Waals surface area contributed by atoms with Crippen molar-refractivity contribution in [2.75, 3.05) is 19.8 Å². The van der Waals surface area contributed by atoms with E-state index in [9.17, 15) is 0 Å². The molecular weight excluding hydrogens is 154 g/mol. The summed E-state index contributed by atoms with van der Waals surface area (Å²) in [4.78, 5) is 0. The highest BCUT2D eigenvalue weighted by molar-refractivity contribution is 4.77. The first-order valence-corrected chi connectivity index (χ1v) is 4.66. The van der Waals surface area contributed by atoms with E-state index in [1.165, 1.54) is 0 Å². The first-order chi connectivity index (χ1) is 5.70. The Morgan fingerprint density at radius 2 is 2.42 bits per heavy atom. The van der Waals surface area contributed by atoms with Crippen molar-refractivity contribution < 1.29 is 9.47 Å². The molecule has 1 heterocycles. The summed E-state index contributed by atoms with van der Waals surface area (Å²) in [6.45, 7) is 6.30. The zero-order chi connectivity index (χ0) is 9.03. The minimum atomic E-state index is -0.154. The van der Waals surface area contributed by atoms with Crippen LogP contribution in [0.15, 0.2) is 0 Å². The van der Waals surface area contributed by atoms with Crippen LogP contribution in [0.25, 0.3) is 0 Å². The molecule has 1 aliphatic rings. The summed E-state index contributed by atoms with van der Waals surface area (Å²) in [7, 11) is 0. The van der Waals surface area contributed by atoms with E-state index in [4.69, 9.17) is 15.2 Å². The molecule has 2 atom stereocenters. The summed E-state index contributed by atoms with van der Waals surface area (Å²) in [5.74, 6) is 0. The number of ether oxygens (including phenoxy) is 2. The summed E-state index contributed by atoms with van der Waals surface area (Å²) in [6.07, 6.45) is 2.23. The second kappa shape index (κ2) is 4.21. The standard InChI is InChI=1S/C9H19NO2/c1-3-9(2,7-10)12-8-4-5-11-6-8/h8H,3-7,10H2,1-2H3. The number of hydrogen-bond donors (Lipinski definition) is 1. The summed E-state index contributed by atoms with van der Waals surface area (Å²) in [5.41, 5.74) is 5.48. The summed E-state index contributed by atoms with van der Waals surface area (Å²) < 4.78 is 11.1. The van der Waals surface area contributed by atoms with Crippen molar-refractivity contribution in [3.8, 4) is 0 Å². The van der Waals surface area contributed by atoms with Gasteiger partial charge in [0.25, 0.3) is 0 Å². The van der Waals surface area contributed by atoms with E-state index in [1.807, 2.05) is 0 Å². The van der Waals surface area contributed by atoms with Crippen LogP contribution in [-0.4, -0.2) is 31.5 Å². The second-order valence-corrected chi connectivity index (χ2v) is 3.61. The van der Waals surface area contributed by atoms with Gasteiger partial charge in [-0.05, 0) is 19.8 Å². The van der Waals surface area contributed by atoms with E-state index in [1.54, 1.807) is 0 Å². The predicted molar refractivity (Wildman–Crippen MR) is 48.1 cm³/mol. The van der Waals surface area contributed by atoms with Gasteiger partial charge in [-0.1, -0.05) is 6.92 Å². The van der Waals surface area contributed by atoms with Crippen molar-refractivity contribution in [2.45, 2.75) is 38.4 Å². The third-order valence-electron chi connectivity index (χ3n) is 2.52. The highest BCUT2D eigenvalue weighted by atomic mass is 16.6. The van der Waals surface area contributed by atoms with Gasteiger partial charge in [0, 0.05) is 13.2 Å². The van der Waals surface area contributed by atoms with Crippen LogP contribution in [0.3, 0.4) is 0 Å². The van der Waals surface area contributed by atoms with Gasteiger partial charge in [-0.15, -0.1) is 0 Å². The van der Waals surface area contributed by atoms with Gasteiger partial charge < -0.3 is 15.2 Å². The Kier molecular flexibility index (Phi) is 3.50. The van der Waals surface area contributed by atoms with E-state index < -0.39 is 0 Å². The molecule has 3 nitrogen and oxygen atoms in total. The molecule has 0 bridgehead atoms. The highest BCUT2D eigenvalue weighted by Crippen LogP contribution is 2.20. The quantitative estimate of drug-likeness (QED) is 0.687. The highest BCUT2D eigenvalue weighted by Gasteiger charge is 2.27. The average Bonchev–Trinajstić information content (AvgIpc) is 2.57. The third kappa shape index (κ3) is 2.44. The van der Waals surface area contributed by atoms with Gasteiger partial charge in [-0.3, -0.25) is 0 Å². The van der Waals surface area contributed by atoms with Crippen molar-refractivity contribution in [3.05, 3.63) is 0 Å². The van der Waals surface area contributed by atoms with Gasteiger partial charge in [0.1, 0.15) is 0 Å². The van der Waals surface area contributed by atoms with Crippen LogP contribution in [0.4, 0.5) is 0 Å². The van der Waals surface area contributed by atoms with Crippen LogP contribution in [0.1, 0.15) is 26.7 Å². The van der Waals surface area contributed by atoms with Gasteiger partial charge in [0.2, 0.25) is 0 Å². The van der Waals surface area contributed by atoms with Gasteiger partial charge >= 0.3 is 0 Å². The molecule has 3 heteroatoms. The molecule has 0 spiro atoms. The maximum absolute atomic E-state index is 5.85. The monoisotopic (exact) mass is 173 g/mol. The lowest BCUT2D eigenvalue weighted by molar-refractivity contribution is -0.0793. The van der Waals surface area contributed by atoms with Gasteiger partial charge in [-0.25, -0.2) is 0 Å². The molecule has 0 radical (unpaired) electrons. The van der Waals surface area contributed by atoms with E-state index in [2.05, 4.69) is 13.8 Å². The Bertz CT molecular complexity index is 128. The third-order valence-corrected chi connectivity index (χ3v) is 2.52. The SMILES string of the molecule is CCC(C)(CN)OC1CCOC1. The van der Waals surface area contributed by atoms with Crippen LogP contribution >= 0.6 is 0 Å². The first-order valence-electron chi connectivity index (χ1n) is 4.66. The Hall–Kier alpha value is -0.120. The van der Waals surface area contributed by atoms with Crippen molar-refractivity contribution >= 4 is 0 Å². The zero-order valence-electron chi connectivity index (χ0n) is 8.01. The molecule has 1 rings (SSSR count). The maximum Gasteiger partial charge on any atom is 0.0838 e. The molecule has 2 unspecified atom stereocenters. The number of hydrogen-bond acceptors (Lipinski definition) is 3. The number of rotatable bonds is 4. The Balaban J connectivity index is 2.35. The Morgan fingerprint density at radius 3 is 2.83 bits per heavy atom. The lowest BCUT2D eigenvalue weighted by atomic mass is 10.0. The lowest BCUT2D eigenvalue weighted by Crippen LogP contribution is -2.40. The summed E-state index contributed by atoms with van der Waals surface area (Å²) in [6, 6.07) is 0. The van der Waals surface area contributed by atoms with Crippen LogP contribution < -0.4 is 5.73 Å². The minimum absolute atomic E-state index is 0.154. The van der Waals surface area contributed by atoms with Crippen LogP contribution in [0.2, 0.25) is 0 Å². The molecular formula is C9H19NO2. The van der Waals surface area contributed by atoms with Crippen molar-refractivity contribution in [2.24, 2.45) is 5.73 Å². The maximum atomic E-state index is 5.85. The molecule has 0 aliphatic carbocycles. The van der Waals surface area contributed by atoms with Crippen molar-refractivity contribution in [1.82, 2.24) is 0 Å². The fourth-order valence-corrected chi connectivity index (χ4v) is 1.28. The normalized spacial score (nSPS) is 28.8. The van der Waals surface area contributed by atoms with E-state index in [0.29, 0.717) is 6.54 Å². The molecule has 1 saturated heterocycles. The molecule has 12 heavy (non-hydrogen) atoms. The molecule has 1 aliphatic heterocycles. The average molecular weight is 173 g/mol. The lowest BCUT2D eigenvalue weighted by Gasteiger charge is -2.29. The molecule has 0 aromatic rings. The van der Waals surface area contributed by atoms with E-state index in [0.717, 1.165) is 26.1 Å².